The van der Waals surface area contributed by atoms with Crippen molar-refractivity contribution in [2.75, 3.05) is 7.11 Å². The highest BCUT2D eigenvalue weighted by molar-refractivity contribution is 7.13. The van der Waals surface area contributed by atoms with Gasteiger partial charge in [0.1, 0.15) is 10.6 Å². The number of hydrogen-bond acceptors (Lipinski definition) is 5. The molecule has 1 aromatic carbocycles. The van der Waals surface area contributed by atoms with Gasteiger partial charge in [0, 0.05) is 0 Å². The fraction of sp³-hybridized carbons (Fsp3) is 0.353. The summed E-state index contributed by atoms with van der Waals surface area (Å²) < 4.78 is 5.06. The van der Waals surface area contributed by atoms with E-state index < -0.39 is 17.9 Å². The van der Waals surface area contributed by atoms with Crippen molar-refractivity contribution in [3.05, 3.63) is 44.4 Å². The van der Waals surface area contributed by atoms with Crippen molar-refractivity contribution in [3.8, 4) is 5.75 Å². The summed E-state index contributed by atoms with van der Waals surface area (Å²) in [4.78, 5) is 28.9. The number of hydrogen-bond donors (Lipinski definition) is 2. The van der Waals surface area contributed by atoms with Gasteiger partial charge >= 0.3 is 5.97 Å². The molecular formula is C17H19ClN2O4S. The zero-order valence-electron chi connectivity index (χ0n) is 14.1. The van der Waals surface area contributed by atoms with Crippen LogP contribution in [0, 0.1) is 6.92 Å². The minimum atomic E-state index is -1.22. The summed E-state index contributed by atoms with van der Waals surface area (Å²) in [6.07, 6.45) is 1.71. The molecule has 6 nitrogen and oxygen atoms in total. The number of rotatable bonds is 7. The molecule has 0 fully saturated rings. The Morgan fingerprint density at radius 3 is 2.72 bits per heavy atom. The van der Waals surface area contributed by atoms with Crippen LogP contribution in [0.3, 0.4) is 0 Å². The number of aliphatic carboxylic acids is 1. The molecule has 1 atom stereocenters. The predicted octanol–water partition coefficient (Wildman–Crippen LogP) is 3.62. The molecule has 1 heterocycles. The third-order valence-corrected chi connectivity index (χ3v) is 5.05. The largest absolute Gasteiger partial charge is 0.495 e. The van der Waals surface area contributed by atoms with Crippen LogP contribution in [0.15, 0.2) is 18.2 Å². The third kappa shape index (κ3) is 4.49. The smallest absolute Gasteiger partial charge is 0.330 e. The van der Waals surface area contributed by atoms with E-state index in [-0.39, 0.29) is 5.02 Å². The molecule has 0 bridgehead atoms. The van der Waals surface area contributed by atoms with Gasteiger partial charge in [-0.25, -0.2) is 9.78 Å². The van der Waals surface area contributed by atoms with Gasteiger partial charge in [0.15, 0.2) is 6.04 Å². The Labute approximate surface area is 154 Å². The Kier molecular flexibility index (Phi) is 6.39. The second-order valence-electron chi connectivity index (χ2n) is 5.41. The number of amides is 1. The number of nitrogens with one attached hydrogen (secondary N) is 1. The van der Waals surface area contributed by atoms with Crippen molar-refractivity contribution in [1.29, 1.82) is 0 Å². The molecule has 2 rings (SSSR count). The lowest BCUT2D eigenvalue weighted by molar-refractivity contribution is -0.139. The summed E-state index contributed by atoms with van der Waals surface area (Å²) in [6, 6.07) is 3.39. The van der Waals surface area contributed by atoms with E-state index in [0.717, 1.165) is 17.8 Å². The van der Waals surface area contributed by atoms with Crippen molar-refractivity contribution in [2.45, 2.75) is 32.7 Å². The van der Waals surface area contributed by atoms with Crippen molar-refractivity contribution >= 4 is 34.8 Å². The molecular weight excluding hydrogens is 364 g/mol. The number of aryl methyl sites for hydroxylation is 2. The number of carboxylic acids is 1. The minimum Gasteiger partial charge on any atom is -0.495 e. The predicted molar refractivity (Wildman–Crippen MR) is 96.7 cm³/mol. The average molecular weight is 383 g/mol. The first-order valence-electron chi connectivity index (χ1n) is 7.70. The second-order valence-corrected chi connectivity index (χ2v) is 6.90. The Morgan fingerprint density at radius 2 is 2.16 bits per heavy atom. The standard InChI is InChI=1S/C17H19ClN2O4S/c1-4-5-13-19-9(2)15(25-13)16(21)20-14(17(22)23)10-6-7-12(24-3)11(18)8-10/h6-8,14H,4-5H2,1-3H3,(H,20,21)(H,22,23). The van der Waals surface area contributed by atoms with Crippen LogP contribution in [0.4, 0.5) is 0 Å². The molecule has 0 radical (unpaired) electrons. The SMILES string of the molecule is CCCc1nc(C)c(C(=O)NC(C(=O)O)c2ccc(OC)c(Cl)c2)s1. The average Bonchev–Trinajstić information content (AvgIpc) is 2.93. The molecule has 2 aromatic rings. The topological polar surface area (TPSA) is 88.5 Å². The maximum Gasteiger partial charge on any atom is 0.330 e. The third-order valence-electron chi connectivity index (χ3n) is 3.54. The summed E-state index contributed by atoms with van der Waals surface area (Å²) in [7, 11) is 1.47. The highest BCUT2D eigenvalue weighted by Gasteiger charge is 2.25. The number of halogens is 1. The number of ether oxygens (including phenoxy) is 1. The molecule has 0 aliphatic rings. The highest BCUT2D eigenvalue weighted by atomic mass is 35.5. The van der Waals surface area contributed by atoms with Crippen molar-refractivity contribution in [3.63, 3.8) is 0 Å². The van der Waals surface area contributed by atoms with Crippen LogP contribution in [0.25, 0.3) is 0 Å². The quantitative estimate of drug-likeness (QED) is 0.763. The number of aromatic nitrogens is 1. The lowest BCUT2D eigenvalue weighted by Crippen LogP contribution is -2.33. The molecule has 25 heavy (non-hydrogen) atoms. The Balaban J connectivity index is 2.26. The normalized spacial score (nSPS) is 11.8. The van der Waals surface area contributed by atoms with Crippen molar-refractivity contribution in [2.24, 2.45) is 0 Å². The molecule has 0 saturated heterocycles. The molecule has 0 saturated carbocycles. The molecule has 1 amide bonds. The molecule has 2 N–H and O–H groups in total. The number of methoxy groups -OCH3 is 1. The van der Waals surface area contributed by atoms with Crippen LogP contribution in [-0.4, -0.2) is 29.1 Å². The Hall–Kier alpha value is -2.12. The maximum absolute atomic E-state index is 12.5. The van der Waals surface area contributed by atoms with Crippen LogP contribution in [0.5, 0.6) is 5.75 Å². The lowest BCUT2D eigenvalue weighted by Gasteiger charge is -2.15. The zero-order valence-corrected chi connectivity index (χ0v) is 15.7. The van der Waals surface area contributed by atoms with Gasteiger partial charge in [-0.05, 0) is 37.5 Å². The molecule has 134 valence electrons. The molecule has 1 aromatic heterocycles. The van der Waals surface area contributed by atoms with Crippen LogP contribution in [-0.2, 0) is 11.2 Å². The first-order valence-corrected chi connectivity index (χ1v) is 8.90. The fourth-order valence-electron chi connectivity index (χ4n) is 2.33. The number of carbonyl (C=O) groups excluding carboxylic acids is 1. The number of thiazole rings is 1. The van der Waals surface area contributed by atoms with Crippen LogP contribution >= 0.6 is 22.9 Å². The summed E-state index contributed by atoms with van der Waals surface area (Å²) >= 11 is 7.34. The Bertz CT molecular complexity index is 791. The fourth-order valence-corrected chi connectivity index (χ4v) is 3.67. The monoisotopic (exact) mass is 382 g/mol. The van der Waals surface area contributed by atoms with Gasteiger partial charge in [0.2, 0.25) is 0 Å². The van der Waals surface area contributed by atoms with E-state index in [2.05, 4.69) is 10.3 Å². The molecule has 1 unspecified atom stereocenters. The van der Waals surface area contributed by atoms with Gasteiger partial charge < -0.3 is 15.2 Å². The first kappa shape index (κ1) is 19.2. The van der Waals surface area contributed by atoms with E-state index in [9.17, 15) is 14.7 Å². The molecule has 8 heteroatoms. The van der Waals surface area contributed by atoms with E-state index in [1.165, 1.54) is 24.5 Å². The van der Waals surface area contributed by atoms with E-state index in [1.807, 2.05) is 6.92 Å². The Morgan fingerprint density at radius 1 is 1.44 bits per heavy atom. The summed E-state index contributed by atoms with van der Waals surface area (Å²) in [5, 5.41) is 13.2. The van der Waals surface area contributed by atoms with E-state index in [0.29, 0.717) is 21.9 Å². The van der Waals surface area contributed by atoms with Crippen LogP contribution < -0.4 is 10.1 Å². The number of benzene rings is 1. The van der Waals surface area contributed by atoms with Gasteiger partial charge in [-0.3, -0.25) is 4.79 Å². The first-order chi connectivity index (χ1) is 11.9. The van der Waals surface area contributed by atoms with Crippen molar-refractivity contribution < 1.29 is 19.4 Å². The van der Waals surface area contributed by atoms with Crippen molar-refractivity contribution in [1.82, 2.24) is 10.3 Å². The summed E-state index contributed by atoms with van der Waals surface area (Å²) in [5.74, 6) is -1.20. The maximum atomic E-state index is 12.5. The second kappa shape index (κ2) is 8.31. The van der Waals surface area contributed by atoms with Gasteiger partial charge in [-0.1, -0.05) is 24.6 Å². The van der Waals surface area contributed by atoms with Gasteiger partial charge in [0.25, 0.3) is 5.91 Å². The lowest BCUT2D eigenvalue weighted by atomic mass is 10.1. The van der Waals surface area contributed by atoms with Gasteiger partial charge in [0.05, 0.1) is 22.8 Å². The van der Waals surface area contributed by atoms with Crippen LogP contribution in [0.2, 0.25) is 5.02 Å². The summed E-state index contributed by atoms with van der Waals surface area (Å²) in [5.41, 5.74) is 0.963. The molecule has 0 spiro atoms. The van der Waals surface area contributed by atoms with Gasteiger partial charge in [-0.15, -0.1) is 11.3 Å². The highest BCUT2D eigenvalue weighted by Crippen LogP contribution is 2.28. The van der Waals surface area contributed by atoms with Crippen LogP contribution in [0.1, 0.15) is 45.3 Å². The number of nitrogens with zero attached hydrogens (tertiary/aromatic N) is 1. The molecule has 0 aliphatic carbocycles. The number of carboxylic acid groups (broad SMARTS) is 1. The van der Waals surface area contributed by atoms with E-state index in [1.54, 1.807) is 19.1 Å². The minimum absolute atomic E-state index is 0.278. The summed E-state index contributed by atoms with van der Waals surface area (Å²) in [6.45, 7) is 3.77. The van der Waals surface area contributed by atoms with Gasteiger partial charge in [-0.2, -0.15) is 0 Å². The zero-order chi connectivity index (χ0) is 18.6. The van der Waals surface area contributed by atoms with E-state index >= 15 is 0 Å². The van der Waals surface area contributed by atoms with E-state index in [4.69, 9.17) is 16.3 Å². The number of carbonyl (C=O) groups is 2. The molecule has 0 aliphatic heterocycles.